The molecule has 44 heavy (non-hydrogen) atoms. The van der Waals surface area contributed by atoms with Crippen LogP contribution >= 0.6 is 0 Å². The first kappa shape index (κ1) is 35.9. The first-order valence-electron chi connectivity index (χ1n) is 14.9. The number of rotatable bonds is 16. The zero-order valence-corrected chi connectivity index (χ0v) is 25.7. The number of phenols is 1. The predicted octanol–water partition coefficient (Wildman–Crippen LogP) is 8.58. The van der Waals surface area contributed by atoms with Crippen LogP contribution in [-0.4, -0.2) is 62.2 Å². The van der Waals surface area contributed by atoms with Gasteiger partial charge in [-0.15, -0.1) is 0 Å². The fourth-order valence-electron chi connectivity index (χ4n) is 5.58. The molecule has 0 amide bonds. The number of halogens is 7. The van der Waals surface area contributed by atoms with Gasteiger partial charge in [-0.2, -0.15) is 22.0 Å². The maximum absolute atomic E-state index is 14.4. The highest BCUT2D eigenvalue weighted by Crippen LogP contribution is 2.41. The van der Waals surface area contributed by atoms with Gasteiger partial charge in [0.2, 0.25) is 0 Å². The Bertz CT molecular complexity index is 1370. The van der Waals surface area contributed by atoms with E-state index in [4.69, 9.17) is 0 Å². The SMILES string of the molecule is CN(CCCCCCC1=C(c2ccc(F)cc2)CCCc2cc(O)c(F)cc21)CCCS(=O)(=O)CCCC(F)(F)C(F)(F)F. The molecule has 0 spiro atoms. The highest BCUT2D eigenvalue weighted by atomic mass is 32.2. The van der Waals surface area contributed by atoms with Gasteiger partial charge in [0.15, 0.2) is 11.6 Å². The van der Waals surface area contributed by atoms with Gasteiger partial charge in [-0.25, -0.2) is 17.2 Å². The monoisotopic (exact) mass is 651 g/mol. The van der Waals surface area contributed by atoms with Crippen molar-refractivity contribution in [2.24, 2.45) is 0 Å². The first-order valence-corrected chi connectivity index (χ1v) is 16.7. The second-order valence-corrected chi connectivity index (χ2v) is 13.9. The summed E-state index contributed by atoms with van der Waals surface area (Å²) in [5.41, 5.74) is 4.62. The Morgan fingerprint density at radius 3 is 2.16 bits per heavy atom. The number of allylic oxidation sites excluding steroid dienone is 2. The van der Waals surface area contributed by atoms with Crippen LogP contribution in [0.5, 0.6) is 5.75 Å². The predicted molar refractivity (Wildman–Crippen MR) is 158 cm³/mol. The third-order valence-electron chi connectivity index (χ3n) is 8.00. The zero-order chi connectivity index (χ0) is 32.5. The van der Waals surface area contributed by atoms with Gasteiger partial charge in [0.25, 0.3) is 0 Å². The Morgan fingerprint density at radius 2 is 1.48 bits per heavy atom. The van der Waals surface area contributed by atoms with Crippen molar-refractivity contribution in [3.63, 3.8) is 0 Å². The number of aromatic hydroxyl groups is 1. The number of fused-ring (bicyclic) bond motifs is 1. The molecule has 2 aromatic rings. The number of benzene rings is 2. The lowest BCUT2D eigenvalue weighted by Crippen LogP contribution is -2.36. The van der Waals surface area contributed by atoms with Gasteiger partial charge in [0, 0.05) is 6.42 Å². The molecule has 0 radical (unpaired) electrons. The summed E-state index contributed by atoms with van der Waals surface area (Å²) in [7, 11) is -1.90. The Kier molecular flexibility index (Phi) is 12.7. The summed E-state index contributed by atoms with van der Waals surface area (Å²) in [6, 6.07) is 9.18. The van der Waals surface area contributed by atoms with Crippen molar-refractivity contribution in [3.8, 4) is 5.75 Å². The van der Waals surface area contributed by atoms with Gasteiger partial charge < -0.3 is 10.0 Å². The Labute approximate surface area is 254 Å². The van der Waals surface area contributed by atoms with Gasteiger partial charge in [-0.3, -0.25) is 0 Å². The lowest BCUT2D eigenvalue weighted by molar-refractivity contribution is -0.284. The van der Waals surface area contributed by atoms with Gasteiger partial charge in [0.05, 0.1) is 11.5 Å². The Morgan fingerprint density at radius 1 is 0.841 bits per heavy atom. The number of hydrogen-bond donors (Lipinski definition) is 1. The largest absolute Gasteiger partial charge is 0.505 e. The van der Waals surface area contributed by atoms with Gasteiger partial charge >= 0.3 is 12.1 Å². The minimum Gasteiger partial charge on any atom is -0.505 e. The van der Waals surface area contributed by atoms with E-state index in [-0.39, 0.29) is 23.7 Å². The summed E-state index contributed by atoms with van der Waals surface area (Å²) in [5, 5.41) is 9.94. The minimum atomic E-state index is -5.69. The standard InChI is InChI=1S/C32H40F7NO3S/c1-40(18-8-20-44(42,43)19-7-16-31(35,36)32(37,38)39)17-5-3-2-4-10-27-26(23-12-14-25(33)15-13-23)11-6-9-24-21-30(41)29(34)22-28(24)27/h12-15,21-22,41H,2-11,16-20H2,1H3. The minimum absolute atomic E-state index is 0.250. The molecule has 246 valence electrons. The van der Waals surface area contributed by atoms with E-state index in [9.17, 15) is 44.3 Å². The molecule has 0 saturated heterocycles. The second-order valence-electron chi connectivity index (χ2n) is 11.6. The lowest BCUT2D eigenvalue weighted by Gasteiger charge is -2.19. The van der Waals surface area contributed by atoms with E-state index in [1.165, 1.54) is 24.3 Å². The number of alkyl halides is 5. The molecule has 0 aliphatic heterocycles. The van der Waals surface area contributed by atoms with Crippen LogP contribution in [-0.2, 0) is 16.3 Å². The maximum Gasteiger partial charge on any atom is 0.453 e. The van der Waals surface area contributed by atoms with Crippen LogP contribution in [0.4, 0.5) is 30.7 Å². The summed E-state index contributed by atoms with van der Waals surface area (Å²) in [4.78, 5) is 1.96. The van der Waals surface area contributed by atoms with E-state index >= 15 is 0 Å². The molecule has 0 bridgehead atoms. The summed E-state index contributed by atoms with van der Waals surface area (Å²) < 4.78 is 115. The number of nitrogens with zero attached hydrogens (tertiary/aromatic N) is 1. The molecular weight excluding hydrogens is 611 g/mol. The third-order valence-corrected chi connectivity index (χ3v) is 9.82. The first-order chi connectivity index (χ1) is 20.6. The molecule has 1 aliphatic rings. The second kappa shape index (κ2) is 15.6. The molecule has 1 aliphatic carbocycles. The molecule has 2 aromatic carbocycles. The summed E-state index contributed by atoms with van der Waals surface area (Å²) in [6.07, 6.45) is -1.33. The molecular formula is C32H40F7NO3S. The average molecular weight is 652 g/mol. The molecule has 0 unspecified atom stereocenters. The lowest BCUT2D eigenvalue weighted by atomic mass is 9.89. The normalized spacial score (nSPS) is 14.7. The van der Waals surface area contributed by atoms with Crippen molar-refractivity contribution in [2.75, 3.05) is 31.6 Å². The molecule has 0 atom stereocenters. The zero-order valence-electron chi connectivity index (χ0n) is 24.8. The molecule has 4 nitrogen and oxygen atoms in total. The number of sulfone groups is 1. The molecule has 0 aromatic heterocycles. The summed E-state index contributed by atoms with van der Waals surface area (Å²) in [5.74, 6) is -7.27. The fourth-order valence-corrected chi connectivity index (χ4v) is 6.94. The smallest absolute Gasteiger partial charge is 0.453 e. The van der Waals surface area contributed by atoms with Crippen LogP contribution in [0.3, 0.4) is 0 Å². The molecule has 0 saturated carbocycles. The molecule has 1 N–H and O–H groups in total. The summed E-state index contributed by atoms with van der Waals surface area (Å²) >= 11 is 0. The van der Waals surface area contributed by atoms with E-state index < -0.39 is 46.3 Å². The molecule has 0 fully saturated rings. The van der Waals surface area contributed by atoms with Crippen LogP contribution < -0.4 is 0 Å². The van der Waals surface area contributed by atoms with E-state index in [1.807, 2.05) is 11.9 Å². The van der Waals surface area contributed by atoms with Crippen molar-refractivity contribution in [1.29, 1.82) is 0 Å². The fraction of sp³-hybridized carbons (Fsp3) is 0.562. The van der Waals surface area contributed by atoms with Crippen LogP contribution in [0.2, 0.25) is 0 Å². The van der Waals surface area contributed by atoms with Crippen molar-refractivity contribution in [2.45, 2.75) is 82.7 Å². The number of hydrogen-bond acceptors (Lipinski definition) is 4. The van der Waals surface area contributed by atoms with Crippen LogP contribution in [0, 0.1) is 11.6 Å². The van der Waals surface area contributed by atoms with Crippen molar-refractivity contribution < 1.29 is 44.3 Å². The quantitative estimate of drug-likeness (QED) is 0.146. The molecule has 12 heteroatoms. The van der Waals surface area contributed by atoms with Crippen LogP contribution in [0.1, 0.15) is 80.9 Å². The van der Waals surface area contributed by atoms with Gasteiger partial charge in [-0.1, -0.05) is 25.0 Å². The maximum atomic E-state index is 14.4. The van der Waals surface area contributed by atoms with Crippen LogP contribution in [0.25, 0.3) is 11.1 Å². The van der Waals surface area contributed by atoms with Crippen LogP contribution in [0.15, 0.2) is 36.4 Å². The Balaban J connectivity index is 1.45. The summed E-state index contributed by atoms with van der Waals surface area (Å²) in [6.45, 7) is 1.15. The third kappa shape index (κ3) is 10.5. The van der Waals surface area contributed by atoms with Crippen molar-refractivity contribution >= 4 is 21.0 Å². The topological polar surface area (TPSA) is 57.6 Å². The highest BCUT2D eigenvalue weighted by molar-refractivity contribution is 7.91. The molecule has 3 rings (SSSR count). The van der Waals surface area contributed by atoms with Crippen molar-refractivity contribution in [3.05, 3.63) is 64.7 Å². The van der Waals surface area contributed by atoms with Crippen molar-refractivity contribution in [1.82, 2.24) is 4.90 Å². The number of unbranched alkanes of at least 4 members (excludes halogenated alkanes) is 3. The van der Waals surface area contributed by atoms with E-state index in [0.29, 0.717) is 25.9 Å². The van der Waals surface area contributed by atoms with E-state index in [0.717, 1.165) is 66.4 Å². The number of aryl methyl sites for hydroxylation is 1. The average Bonchev–Trinajstić information content (AvgIpc) is 3.09. The van der Waals surface area contributed by atoms with E-state index in [1.54, 1.807) is 12.1 Å². The Hall–Kier alpha value is -2.60. The van der Waals surface area contributed by atoms with Gasteiger partial charge in [0.1, 0.15) is 15.7 Å². The number of phenolic OH excluding ortho intramolecular Hbond substituents is 1. The highest BCUT2D eigenvalue weighted by Gasteiger charge is 2.56. The molecule has 0 heterocycles. The van der Waals surface area contributed by atoms with Gasteiger partial charge in [-0.05, 0) is 124 Å². The van der Waals surface area contributed by atoms with E-state index in [2.05, 4.69) is 0 Å².